The Morgan fingerprint density at radius 1 is 0.893 bits per heavy atom. The van der Waals surface area contributed by atoms with Crippen molar-refractivity contribution in [1.29, 1.82) is 0 Å². The van der Waals surface area contributed by atoms with Crippen molar-refractivity contribution in [3.05, 3.63) is 59.7 Å². The molecule has 0 spiro atoms. The number of hydrogen-bond acceptors (Lipinski definition) is 4. The molecule has 0 aliphatic carbocycles. The highest BCUT2D eigenvalue weighted by Gasteiger charge is 2.19. The van der Waals surface area contributed by atoms with Crippen LogP contribution < -0.4 is 10.6 Å². The van der Waals surface area contributed by atoms with Crippen LogP contribution in [0.2, 0.25) is 0 Å². The molecule has 0 atom stereocenters. The zero-order valence-corrected chi connectivity index (χ0v) is 16.6. The van der Waals surface area contributed by atoms with E-state index in [0.29, 0.717) is 6.54 Å². The van der Waals surface area contributed by atoms with Crippen molar-refractivity contribution in [2.24, 2.45) is 0 Å². The van der Waals surface area contributed by atoms with Gasteiger partial charge in [-0.25, -0.2) is 0 Å². The molecular weight excluding hydrogens is 352 g/mol. The van der Waals surface area contributed by atoms with Gasteiger partial charge in [0, 0.05) is 51.0 Å². The average Bonchev–Trinajstić information content (AvgIpc) is 2.64. The molecule has 1 saturated heterocycles. The van der Waals surface area contributed by atoms with E-state index < -0.39 is 0 Å². The summed E-state index contributed by atoms with van der Waals surface area (Å²) < 4.78 is 0. The molecule has 0 unspecified atom stereocenters. The highest BCUT2D eigenvalue weighted by atomic mass is 16.2. The maximum absolute atomic E-state index is 12.3. The van der Waals surface area contributed by atoms with Gasteiger partial charge < -0.3 is 10.6 Å². The largest absolute Gasteiger partial charge is 0.326 e. The first-order chi connectivity index (χ1) is 13.5. The SMILES string of the molecule is CC(=O)Nc1ccc(NC(=O)CN2CCN(Cc3cccc(C)c3)CC2)cc1. The molecule has 3 rings (SSSR count). The van der Waals surface area contributed by atoms with E-state index in [1.54, 1.807) is 24.3 Å². The minimum atomic E-state index is -0.113. The van der Waals surface area contributed by atoms with Crippen LogP contribution in [0.25, 0.3) is 0 Å². The number of amides is 2. The molecule has 1 fully saturated rings. The maximum Gasteiger partial charge on any atom is 0.238 e. The monoisotopic (exact) mass is 380 g/mol. The summed E-state index contributed by atoms with van der Waals surface area (Å²) in [5.41, 5.74) is 4.08. The fourth-order valence-electron chi connectivity index (χ4n) is 3.42. The van der Waals surface area contributed by atoms with Gasteiger partial charge in [-0.05, 0) is 36.8 Å². The highest BCUT2D eigenvalue weighted by Crippen LogP contribution is 2.14. The Balaban J connectivity index is 1.41. The number of nitrogens with one attached hydrogen (secondary N) is 2. The number of anilines is 2. The smallest absolute Gasteiger partial charge is 0.238 e. The third-order valence-electron chi connectivity index (χ3n) is 4.81. The van der Waals surface area contributed by atoms with Gasteiger partial charge in [0.15, 0.2) is 0 Å². The van der Waals surface area contributed by atoms with Crippen molar-refractivity contribution in [2.45, 2.75) is 20.4 Å². The van der Waals surface area contributed by atoms with Gasteiger partial charge in [0.05, 0.1) is 6.54 Å². The van der Waals surface area contributed by atoms with Crippen LogP contribution in [-0.2, 0) is 16.1 Å². The lowest BCUT2D eigenvalue weighted by molar-refractivity contribution is -0.117. The van der Waals surface area contributed by atoms with Gasteiger partial charge in [-0.1, -0.05) is 29.8 Å². The van der Waals surface area contributed by atoms with E-state index in [-0.39, 0.29) is 11.8 Å². The lowest BCUT2D eigenvalue weighted by Gasteiger charge is -2.34. The van der Waals surface area contributed by atoms with Crippen LogP contribution >= 0.6 is 0 Å². The molecule has 0 aromatic heterocycles. The van der Waals surface area contributed by atoms with Crippen LogP contribution in [0.3, 0.4) is 0 Å². The summed E-state index contributed by atoms with van der Waals surface area (Å²) in [6, 6.07) is 15.8. The Labute approximate surface area is 166 Å². The lowest BCUT2D eigenvalue weighted by Crippen LogP contribution is -2.48. The van der Waals surface area contributed by atoms with E-state index in [1.165, 1.54) is 18.1 Å². The first kappa shape index (κ1) is 20.0. The second-order valence-electron chi connectivity index (χ2n) is 7.35. The minimum absolute atomic E-state index is 0.0144. The Hall–Kier alpha value is -2.70. The van der Waals surface area contributed by atoms with E-state index in [9.17, 15) is 9.59 Å². The zero-order chi connectivity index (χ0) is 19.9. The van der Waals surface area contributed by atoms with Crippen LogP contribution in [0.15, 0.2) is 48.5 Å². The van der Waals surface area contributed by atoms with Crippen LogP contribution in [0.1, 0.15) is 18.1 Å². The Bertz CT molecular complexity index is 812. The second kappa shape index (κ2) is 9.48. The lowest BCUT2D eigenvalue weighted by atomic mass is 10.1. The molecule has 1 aliphatic rings. The van der Waals surface area contributed by atoms with Crippen LogP contribution in [0.4, 0.5) is 11.4 Å². The van der Waals surface area contributed by atoms with Gasteiger partial charge in [-0.2, -0.15) is 0 Å². The molecule has 0 radical (unpaired) electrons. The Kier molecular flexibility index (Phi) is 6.79. The quantitative estimate of drug-likeness (QED) is 0.809. The van der Waals surface area contributed by atoms with E-state index in [1.807, 2.05) is 0 Å². The third kappa shape index (κ3) is 6.18. The predicted molar refractivity (Wildman–Crippen MR) is 112 cm³/mol. The molecule has 148 valence electrons. The Morgan fingerprint density at radius 3 is 2.11 bits per heavy atom. The van der Waals surface area contributed by atoms with Crippen LogP contribution in [0, 0.1) is 6.92 Å². The van der Waals surface area contributed by atoms with Crippen LogP contribution in [0.5, 0.6) is 0 Å². The summed E-state index contributed by atoms with van der Waals surface area (Å²) in [5, 5.41) is 5.63. The first-order valence-corrected chi connectivity index (χ1v) is 9.66. The Morgan fingerprint density at radius 2 is 1.50 bits per heavy atom. The average molecular weight is 380 g/mol. The minimum Gasteiger partial charge on any atom is -0.326 e. The van der Waals surface area contributed by atoms with E-state index in [4.69, 9.17) is 0 Å². The normalized spacial score (nSPS) is 15.2. The molecule has 1 aliphatic heterocycles. The van der Waals surface area contributed by atoms with Crippen LogP contribution in [-0.4, -0.2) is 54.3 Å². The molecular formula is C22H28N4O2. The molecule has 28 heavy (non-hydrogen) atoms. The number of benzene rings is 2. The molecule has 0 bridgehead atoms. The molecule has 2 amide bonds. The summed E-state index contributed by atoms with van der Waals surface area (Å²) in [6.07, 6.45) is 0. The molecule has 0 saturated carbocycles. The van der Waals surface area contributed by atoms with Crippen molar-refractivity contribution in [3.8, 4) is 0 Å². The first-order valence-electron chi connectivity index (χ1n) is 9.66. The number of piperazine rings is 1. The summed E-state index contributed by atoms with van der Waals surface area (Å²) >= 11 is 0. The number of carbonyl (C=O) groups is 2. The number of aryl methyl sites for hydroxylation is 1. The van der Waals surface area contributed by atoms with Crippen molar-refractivity contribution in [2.75, 3.05) is 43.4 Å². The molecule has 6 nitrogen and oxygen atoms in total. The van der Waals surface area contributed by atoms with Gasteiger partial charge in [0.25, 0.3) is 0 Å². The number of hydrogen-bond donors (Lipinski definition) is 2. The fraction of sp³-hybridized carbons (Fsp3) is 0.364. The maximum atomic E-state index is 12.3. The van der Waals surface area contributed by atoms with Gasteiger partial charge in [0.1, 0.15) is 0 Å². The topological polar surface area (TPSA) is 64.7 Å². The van der Waals surface area contributed by atoms with E-state index in [2.05, 4.69) is 51.6 Å². The van der Waals surface area contributed by atoms with Gasteiger partial charge in [0.2, 0.25) is 11.8 Å². The van der Waals surface area contributed by atoms with E-state index >= 15 is 0 Å². The molecule has 6 heteroatoms. The number of nitrogens with zero attached hydrogens (tertiary/aromatic N) is 2. The standard InChI is InChI=1S/C22H28N4O2/c1-17-4-3-5-19(14-17)15-25-10-12-26(13-11-25)16-22(28)24-21-8-6-20(7-9-21)23-18(2)27/h3-9,14H,10-13,15-16H2,1-2H3,(H,23,27)(H,24,28). The second-order valence-corrected chi connectivity index (χ2v) is 7.35. The molecule has 2 aromatic rings. The van der Waals surface area contributed by atoms with Crippen molar-refractivity contribution < 1.29 is 9.59 Å². The van der Waals surface area contributed by atoms with Crippen molar-refractivity contribution >= 4 is 23.2 Å². The number of rotatable bonds is 6. The predicted octanol–water partition coefficient (Wildman–Crippen LogP) is 2.71. The molecule has 2 aromatic carbocycles. The van der Waals surface area contributed by atoms with Gasteiger partial charge >= 0.3 is 0 Å². The summed E-state index contributed by atoms with van der Waals surface area (Å²) in [7, 11) is 0. The summed E-state index contributed by atoms with van der Waals surface area (Å²) in [6.45, 7) is 8.65. The highest BCUT2D eigenvalue weighted by molar-refractivity contribution is 5.93. The van der Waals surface area contributed by atoms with E-state index in [0.717, 1.165) is 44.1 Å². The zero-order valence-electron chi connectivity index (χ0n) is 16.6. The third-order valence-corrected chi connectivity index (χ3v) is 4.81. The molecule has 1 heterocycles. The summed E-state index contributed by atoms with van der Waals surface area (Å²) in [4.78, 5) is 28.0. The van der Waals surface area contributed by atoms with Gasteiger partial charge in [-0.3, -0.25) is 19.4 Å². The van der Waals surface area contributed by atoms with Crippen molar-refractivity contribution in [3.63, 3.8) is 0 Å². The summed E-state index contributed by atoms with van der Waals surface area (Å²) in [5.74, 6) is -0.127. The fourth-order valence-corrected chi connectivity index (χ4v) is 3.42. The van der Waals surface area contributed by atoms with Crippen molar-refractivity contribution in [1.82, 2.24) is 9.80 Å². The molecule has 2 N–H and O–H groups in total. The number of carbonyl (C=O) groups excluding carboxylic acids is 2. The van der Waals surface area contributed by atoms with Gasteiger partial charge in [-0.15, -0.1) is 0 Å².